The second kappa shape index (κ2) is 8.35. The van der Waals surface area contributed by atoms with E-state index in [2.05, 4.69) is 0 Å². The number of halogens is 1. The van der Waals surface area contributed by atoms with Crippen LogP contribution in [-0.4, -0.2) is 33.0 Å². The molecule has 0 spiro atoms. The smallest absolute Gasteiger partial charge is 0.334 e. The SMILES string of the molecule is CCOC(=O)/C(=C\c1cccc(Cl)c1)CP(=O)(OC)OC. The first kappa shape index (κ1) is 17.9. The highest BCUT2D eigenvalue weighted by Gasteiger charge is 2.27. The molecule has 0 amide bonds. The Hall–Kier alpha value is -1.13. The predicted octanol–water partition coefficient (Wildman–Crippen LogP) is 3.77. The minimum Gasteiger partial charge on any atom is -0.463 e. The van der Waals surface area contributed by atoms with Gasteiger partial charge in [-0.25, -0.2) is 4.79 Å². The van der Waals surface area contributed by atoms with Gasteiger partial charge in [0.15, 0.2) is 0 Å². The number of carbonyl (C=O) groups is 1. The van der Waals surface area contributed by atoms with Gasteiger partial charge >= 0.3 is 13.6 Å². The lowest BCUT2D eigenvalue weighted by atomic mass is 10.1. The van der Waals surface area contributed by atoms with Crippen LogP contribution < -0.4 is 0 Å². The third-order valence-electron chi connectivity index (χ3n) is 2.65. The second-order valence-electron chi connectivity index (χ2n) is 4.08. The summed E-state index contributed by atoms with van der Waals surface area (Å²) in [5.74, 6) is -0.563. The number of ether oxygens (including phenoxy) is 1. The summed E-state index contributed by atoms with van der Waals surface area (Å²) in [5.41, 5.74) is 0.899. The molecule has 0 unspecified atom stereocenters. The average Bonchev–Trinajstić information content (AvgIpc) is 2.46. The number of carbonyl (C=O) groups excluding carboxylic acids is 1. The Morgan fingerprint density at radius 3 is 2.52 bits per heavy atom. The van der Waals surface area contributed by atoms with Crippen molar-refractivity contribution in [2.45, 2.75) is 6.92 Å². The minimum absolute atomic E-state index is 0.175. The zero-order chi connectivity index (χ0) is 15.9. The first-order valence-corrected chi connectivity index (χ1v) is 8.38. The highest BCUT2D eigenvalue weighted by Crippen LogP contribution is 2.48. The molecule has 0 aromatic heterocycles. The molecule has 5 nitrogen and oxygen atoms in total. The van der Waals surface area contributed by atoms with Crippen molar-refractivity contribution >= 4 is 31.2 Å². The Kier molecular flexibility index (Phi) is 7.12. The molecular formula is C14H18ClO5P. The van der Waals surface area contributed by atoms with E-state index in [1.54, 1.807) is 37.3 Å². The molecule has 21 heavy (non-hydrogen) atoms. The fraction of sp³-hybridized carbons (Fsp3) is 0.357. The van der Waals surface area contributed by atoms with Crippen LogP contribution >= 0.6 is 19.2 Å². The maximum atomic E-state index is 12.2. The van der Waals surface area contributed by atoms with E-state index in [0.29, 0.717) is 10.6 Å². The zero-order valence-electron chi connectivity index (χ0n) is 12.2. The van der Waals surface area contributed by atoms with Crippen molar-refractivity contribution in [2.75, 3.05) is 27.0 Å². The van der Waals surface area contributed by atoms with Gasteiger partial charge in [-0.2, -0.15) is 0 Å². The highest BCUT2D eigenvalue weighted by molar-refractivity contribution is 7.54. The van der Waals surface area contributed by atoms with E-state index < -0.39 is 13.6 Å². The van der Waals surface area contributed by atoms with Crippen molar-refractivity contribution in [3.63, 3.8) is 0 Å². The molecule has 116 valence electrons. The number of esters is 1. The lowest BCUT2D eigenvalue weighted by molar-refractivity contribution is -0.138. The molecule has 0 aliphatic heterocycles. The van der Waals surface area contributed by atoms with Crippen molar-refractivity contribution in [3.05, 3.63) is 40.4 Å². The maximum Gasteiger partial charge on any atom is 0.334 e. The Labute approximate surface area is 129 Å². The fourth-order valence-corrected chi connectivity index (χ4v) is 2.85. The van der Waals surface area contributed by atoms with E-state index in [1.165, 1.54) is 14.2 Å². The molecular weight excluding hydrogens is 315 g/mol. The second-order valence-corrected chi connectivity index (χ2v) is 6.78. The van der Waals surface area contributed by atoms with Gasteiger partial charge in [-0.05, 0) is 30.7 Å². The fourth-order valence-electron chi connectivity index (χ4n) is 1.60. The lowest BCUT2D eigenvalue weighted by Gasteiger charge is -2.15. The van der Waals surface area contributed by atoms with E-state index in [1.807, 2.05) is 0 Å². The molecule has 0 saturated carbocycles. The average molecular weight is 333 g/mol. The van der Waals surface area contributed by atoms with E-state index >= 15 is 0 Å². The van der Waals surface area contributed by atoms with Crippen molar-refractivity contribution in [2.24, 2.45) is 0 Å². The van der Waals surface area contributed by atoms with Gasteiger partial charge < -0.3 is 13.8 Å². The molecule has 1 aromatic rings. The number of benzene rings is 1. The van der Waals surface area contributed by atoms with E-state index in [4.69, 9.17) is 25.4 Å². The van der Waals surface area contributed by atoms with Crippen LogP contribution in [0.4, 0.5) is 0 Å². The first-order valence-electron chi connectivity index (χ1n) is 6.28. The van der Waals surface area contributed by atoms with Gasteiger partial charge in [0.25, 0.3) is 0 Å². The third-order valence-corrected chi connectivity index (χ3v) is 4.72. The molecule has 0 N–H and O–H groups in total. The third kappa shape index (κ3) is 5.64. The molecule has 0 aliphatic carbocycles. The molecule has 0 atom stereocenters. The number of hydrogen-bond donors (Lipinski definition) is 0. The van der Waals surface area contributed by atoms with Gasteiger partial charge in [-0.3, -0.25) is 4.57 Å². The largest absolute Gasteiger partial charge is 0.463 e. The van der Waals surface area contributed by atoms with E-state index in [-0.39, 0.29) is 18.3 Å². The van der Waals surface area contributed by atoms with Gasteiger partial charge in [0, 0.05) is 24.8 Å². The van der Waals surface area contributed by atoms with E-state index in [0.717, 1.165) is 0 Å². The molecule has 1 aromatic carbocycles. The van der Waals surface area contributed by atoms with Gasteiger partial charge in [0.1, 0.15) is 0 Å². The van der Waals surface area contributed by atoms with Crippen molar-refractivity contribution < 1.29 is 23.1 Å². The zero-order valence-corrected chi connectivity index (χ0v) is 13.8. The summed E-state index contributed by atoms with van der Waals surface area (Å²) in [4.78, 5) is 12.0. The molecule has 1 rings (SSSR count). The Balaban J connectivity index is 3.13. The summed E-state index contributed by atoms with van der Waals surface area (Å²) in [6, 6.07) is 6.93. The summed E-state index contributed by atoms with van der Waals surface area (Å²) in [6.07, 6.45) is 1.39. The topological polar surface area (TPSA) is 61.8 Å². The Morgan fingerprint density at radius 2 is 2.00 bits per heavy atom. The van der Waals surface area contributed by atoms with E-state index in [9.17, 15) is 9.36 Å². The van der Waals surface area contributed by atoms with Crippen molar-refractivity contribution in [3.8, 4) is 0 Å². The minimum atomic E-state index is -3.37. The van der Waals surface area contributed by atoms with Crippen LogP contribution in [0.5, 0.6) is 0 Å². The number of rotatable bonds is 7. The molecule has 0 saturated heterocycles. The maximum absolute atomic E-state index is 12.2. The summed E-state index contributed by atoms with van der Waals surface area (Å²) >= 11 is 5.91. The summed E-state index contributed by atoms with van der Waals surface area (Å²) in [5, 5.41) is 0.536. The molecule has 7 heteroatoms. The quantitative estimate of drug-likeness (QED) is 0.432. The number of hydrogen-bond acceptors (Lipinski definition) is 5. The van der Waals surface area contributed by atoms with Crippen LogP contribution in [0.3, 0.4) is 0 Å². The summed E-state index contributed by atoms with van der Waals surface area (Å²) in [6.45, 7) is 1.91. The molecule has 0 bridgehead atoms. The first-order chi connectivity index (χ1) is 9.94. The monoisotopic (exact) mass is 332 g/mol. The molecule has 0 aliphatic rings. The normalized spacial score (nSPS) is 12.3. The van der Waals surface area contributed by atoms with Crippen molar-refractivity contribution in [1.29, 1.82) is 0 Å². The Bertz CT molecular complexity index is 562. The summed E-state index contributed by atoms with van der Waals surface area (Å²) < 4.78 is 26.9. The van der Waals surface area contributed by atoms with Crippen LogP contribution in [0, 0.1) is 0 Å². The van der Waals surface area contributed by atoms with Crippen LogP contribution in [0.25, 0.3) is 6.08 Å². The van der Waals surface area contributed by atoms with Crippen LogP contribution in [0.15, 0.2) is 29.8 Å². The molecule has 0 fully saturated rings. The van der Waals surface area contributed by atoms with Gasteiger partial charge in [0.05, 0.1) is 12.8 Å². The van der Waals surface area contributed by atoms with Gasteiger partial charge in [-0.1, -0.05) is 23.7 Å². The van der Waals surface area contributed by atoms with Gasteiger partial charge in [-0.15, -0.1) is 0 Å². The van der Waals surface area contributed by atoms with Crippen LogP contribution in [0.2, 0.25) is 5.02 Å². The standard InChI is InChI=1S/C14H18ClO5P/c1-4-20-14(16)12(10-21(17,18-2)19-3)8-11-6-5-7-13(15)9-11/h5-9H,4,10H2,1-3H3/b12-8-. The Morgan fingerprint density at radius 1 is 1.33 bits per heavy atom. The van der Waals surface area contributed by atoms with Crippen LogP contribution in [-0.2, 0) is 23.1 Å². The van der Waals surface area contributed by atoms with Gasteiger partial charge in [0.2, 0.25) is 0 Å². The predicted molar refractivity (Wildman–Crippen MR) is 82.6 cm³/mol. The van der Waals surface area contributed by atoms with Crippen LogP contribution in [0.1, 0.15) is 12.5 Å². The van der Waals surface area contributed by atoms with Crippen molar-refractivity contribution in [1.82, 2.24) is 0 Å². The summed E-state index contributed by atoms with van der Waals surface area (Å²) in [7, 11) is -0.825. The highest BCUT2D eigenvalue weighted by atomic mass is 35.5. The lowest BCUT2D eigenvalue weighted by Crippen LogP contribution is -2.12. The molecule has 0 heterocycles. The molecule has 0 radical (unpaired) electrons.